The lowest BCUT2D eigenvalue weighted by molar-refractivity contribution is -0.138. The Hall–Kier alpha value is -0.710. The number of nitrogens with one attached hydrogen (secondary N) is 1. The van der Waals surface area contributed by atoms with Crippen LogP contribution >= 0.6 is 11.8 Å². The van der Waals surface area contributed by atoms with E-state index in [2.05, 4.69) is 19.2 Å². The van der Waals surface area contributed by atoms with Crippen molar-refractivity contribution in [2.24, 2.45) is 11.8 Å². The van der Waals surface area contributed by atoms with Crippen molar-refractivity contribution in [3.8, 4) is 0 Å². The highest BCUT2D eigenvalue weighted by Crippen LogP contribution is 2.26. The van der Waals surface area contributed by atoms with Gasteiger partial charge in [-0.2, -0.15) is 0 Å². The Bertz CT molecular complexity index is 288. The fourth-order valence-electron chi connectivity index (χ4n) is 2.30. The number of hydrogen-bond acceptors (Lipinski definition) is 3. The highest BCUT2D eigenvalue weighted by atomic mass is 32.2. The standard InChI is InChI=1S/C13H23NO3S/c1-9(2)6-10(7-12(15)16)8-14-13(17)11-4-3-5-18-11/h9-11H,3-8H2,1-2H3,(H,14,17)(H,15,16). The summed E-state index contributed by atoms with van der Waals surface area (Å²) in [5.74, 6) is 0.842. The third-order valence-corrected chi connectivity index (χ3v) is 4.43. The van der Waals surface area contributed by atoms with Gasteiger partial charge in [0, 0.05) is 13.0 Å². The maximum atomic E-state index is 11.8. The maximum absolute atomic E-state index is 11.8. The molecule has 2 unspecified atom stereocenters. The Labute approximate surface area is 113 Å². The van der Waals surface area contributed by atoms with Crippen molar-refractivity contribution in [2.75, 3.05) is 12.3 Å². The minimum absolute atomic E-state index is 0.0397. The highest BCUT2D eigenvalue weighted by Gasteiger charge is 2.24. The molecule has 0 aromatic rings. The van der Waals surface area contributed by atoms with Crippen LogP contribution in [-0.4, -0.2) is 34.5 Å². The summed E-state index contributed by atoms with van der Waals surface area (Å²) in [6, 6.07) is 0. The molecular weight excluding hydrogens is 250 g/mol. The number of carbonyl (C=O) groups excluding carboxylic acids is 1. The molecule has 18 heavy (non-hydrogen) atoms. The highest BCUT2D eigenvalue weighted by molar-refractivity contribution is 8.00. The smallest absolute Gasteiger partial charge is 0.303 e. The summed E-state index contributed by atoms with van der Waals surface area (Å²) in [6.07, 6.45) is 3.03. The summed E-state index contributed by atoms with van der Waals surface area (Å²) in [7, 11) is 0. The van der Waals surface area contributed by atoms with Crippen LogP contribution in [0, 0.1) is 11.8 Å². The zero-order valence-corrected chi connectivity index (χ0v) is 12.0. The van der Waals surface area contributed by atoms with Crippen LogP contribution in [0.25, 0.3) is 0 Å². The number of amides is 1. The molecule has 0 aliphatic carbocycles. The molecule has 5 heteroatoms. The van der Waals surface area contributed by atoms with Gasteiger partial charge in [0.2, 0.25) is 5.91 Å². The number of carbonyl (C=O) groups is 2. The van der Waals surface area contributed by atoms with Crippen molar-refractivity contribution in [3.05, 3.63) is 0 Å². The normalized spacial score (nSPS) is 20.9. The van der Waals surface area contributed by atoms with Gasteiger partial charge in [0.25, 0.3) is 0 Å². The van der Waals surface area contributed by atoms with Crippen LogP contribution in [0.15, 0.2) is 0 Å². The fourth-order valence-corrected chi connectivity index (χ4v) is 3.48. The van der Waals surface area contributed by atoms with Crippen molar-refractivity contribution in [2.45, 2.75) is 44.8 Å². The lowest BCUT2D eigenvalue weighted by Crippen LogP contribution is -2.36. The molecule has 0 spiro atoms. The summed E-state index contributed by atoms with van der Waals surface area (Å²) in [4.78, 5) is 22.6. The van der Waals surface area contributed by atoms with E-state index in [0.717, 1.165) is 25.0 Å². The Morgan fingerprint density at radius 1 is 1.44 bits per heavy atom. The van der Waals surface area contributed by atoms with Crippen LogP contribution in [0.3, 0.4) is 0 Å². The molecular formula is C13H23NO3S. The molecule has 4 nitrogen and oxygen atoms in total. The van der Waals surface area contributed by atoms with E-state index in [1.165, 1.54) is 0 Å². The Morgan fingerprint density at radius 2 is 2.17 bits per heavy atom. The zero-order chi connectivity index (χ0) is 13.5. The van der Waals surface area contributed by atoms with Gasteiger partial charge in [0.05, 0.1) is 5.25 Å². The Morgan fingerprint density at radius 3 is 2.67 bits per heavy atom. The molecule has 0 saturated carbocycles. The van der Waals surface area contributed by atoms with E-state index in [0.29, 0.717) is 12.5 Å². The SMILES string of the molecule is CC(C)CC(CNC(=O)C1CCCS1)CC(=O)O. The van der Waals surface area contributed by atoms with Gasteiger partial charge < -0.3 is 10.4 Å². The average Bonchev–Trinajstić information content (AvgIpc) is 2.77. The topological polar surface area (TPSA) is 66.4 Å². The van der Waals surface area contributed by atoms with Crippen LogP contribution in [0.1, 0.15) is 39.5 Å². The van der Waals surface area contributed by atoms with Gasteiger partial charge in [-0.15, -0.1) is 11.8 Å². The third kappa shape index (κ3) is 5.76. The minimum atomic E-state index is -0.787. The van der Waals surface area contributed by atoms with Gasteiger partial charge >= 0.3 is 5.97 Å². The first-order chi connectivity index (χ1) is 8.49. The quantitative estimate of drug-likeness (QED) is 0.746. The van der Waals surface area contributed by atoms with Crippen LogP contribution in [0.5, 0.6) is 0 Å². The number of carboxylic acid groups (broad SMARTS) is 1. The summed E-state index contributed by atoms with van der Waals surface area (Å²) >= 11 is 1.70. The molecule has 0 aromatic heterocycles. The number of aliphatic carboxylic acids is 1. The van der Waals surface area contributed by atoms with Crippen molar-refractivity contribution < 1.29 is 14.7 Å². The molecule has 104 valence electrons. The second-order valence-corrected chi connectivity index (χ2v) is 6.65. The van der Waals surface area contributed by atoms with E-state index in [4.69, 9.17) is 5.11 Å². The largest absolute Gasteiger partial charge is 0.481 e. The number of carboxylic acids is 1. The molecule has 1 aliphatic heterocycles. The van der Waals surface area contributed by atoms with Crippen molar-refractivity contribution >= 4 is 23.6 Å². The van der Waals surface area contributed by atoms with Crippen LogP contribution in [0.4, 0.5) is 0 Å². The number of thioether (sulfide) groups is 1. The average molecular weight is 273 g/mol. The molecule has 0 bridgehead atoms. The van der Waals surface area contributed by atoms with Crippen molar-refractivity contribution in [1.29, 1.82) is 0 Å². The molecule has 1 amide bonds. The first kappa shape index (κ1) is 15.3. The van der Waals surface area contributed by atoms with Gasteiger partial charge in [-0.1, -0.05) is 13.8 Å². The van der Waals surface area contributed by atoms with E-state index in [1.54, 1.807) is 11.8 Å². The Kier molecular flexibility index (Phi) is 6.54. The van der Waals surface area contributed by atoms with Crippen molar-refractivity contribution in [1.82, 2.24) is 5.32 Å². The third-order valence-electron chi connectivity index (χ3n) is 3.06. The van der Waals surface area contributed by atoms with Crippen LogP contribution < -0.4 is 5.32 Å². The van der Waals surface area contributed by atoms with Crippen LogP contribution in [0.2, 0.25) is 0 Å². The zero-order valence-electron chi connectivity index (χ0n) is 11.1. The van der Waals surface area contributed by atoms with E-state index in [-0.39, 0.29) is 23.5 Å². The molecule has 1 aliphatic rings. The summed E-state index contributed by atoms with van der Waals surface area (Å²) in [6.45, 7) is 4.63. The lowest BCUT2D eigenvalue weighted by Gasteiger charge is -2.19. The molecule has 2 N–H and O–H groups in total. The second kappa shape index (κ2) is 7.67. The van der Waals surface area contributed by atoms with Gasteiger partial charge in [0.1, 0.15) is 0 Å². The molecule has 2 atom stereocenters. The lowest BCUT2D eigenvalue weighted by atomic mass is 9.94. The predicted molar refractivity (Wildman–Crippen MR) is 73.7 cm³/mol. The molecule has 1 fully saturated rings. The first-order valence-corrected chi connectivity index (χ1v) is 7.65. The van der Waals surface area contributed by atoms with Gasteiger partial charge in [0.15, 0.2) is 0 Å². The monoisotopic (exact) mass is 273 g/mol. The number of rotatable bonds is 7. The molecule has 1 rings (SSSR count). The molecule has 1 heterocycles. The summed E-state index contributed by atoms with van der Waals surface area (Å²) in [5.41, 5.74) is 0. The van der Waals surface area contributed by atoms with E-state index >= 15 is 0 Å². The summed E-state index contributed by atoms with van der Waals surface area (Å²) < 4.78 is 0. The maximum Gasteiger partial charge on any atom is 0.303 e. The van der Waals surface area contributed by atoms with Gasteiger partial charge in [-0.3, -0.25) is 9.59 Å². The van der Waals surface area contributed by atoms with Crippen LogP contribution in [-0.2, 0) is 9.59 Å². The fraction of sp³-hybridized carbons (Fsp3) is 0.846. The Balaban J connectivity index is 2.35. The van der Waals surface area contributed by atoms with Crippen molar-refractivity contribution in [3.63, 3.8) is 0 Å². The number of hydrogen-bond donors (Lipinski definition) is 2. The minimum Gasteiger partial charge on any atom is -0.481 e. The van der Waals surface area contributed by atoms with E-state index < -0.39 is 5.97 Å². The molecule has 1 saturated heterocycles. The first-order valence-electron chi connectivity index (χ1n) is 6.60. The van der Waals surface area contributed by atoms with E-state index in [1.807, 2.05) is 0 Å². The van der Waals surface area contributed by atoms with Gasteiger partial charge in [-0.25, -0.2) is 0 Å². The van der Waals surface area contributed by atoms with E-state index in [9.17, 15) is 9.59 Å². The molecule has 0 aromatic carbocycles. The second-order valence-electron chi connectivity index (χ2n) is 5.34. The predicted octanol–water partition coefficient (Wildman–Crippen LogP) is 2.14. The molecule has 0 radical (unpaired) electrons. The summed E-state index contributed by atoms with van der Waals surface area (Å²) in [5, 5.41) is 11.8. The van der Waals surface area contributed by atoms with Gasteiger partial charge in [-0.05, 0) is 36.9 Å².